The van der Waals surface area contributed by atoms with Gasteiger partial charge in [-0.25, -0.2) is 4.79 Å². The van der Waals surface area contributed by atoms with Crippen LogP contribution in [-0.4, -0.2) is 47.9 Å². The first-order chi connectivity index (χ1) is 14.4. The van der Waals surface area contributed by atoms with Crippen LogP contribution in [0.4, 0.5) is 10.5 Å². The van der Waals surface area contributed by atoms with E-state index in [-0.39, 0.29) is 29.8 Å². The summed E-state index contributed by atoms with van der Waals surface area (Å²) >= 11 is 0. The number of aryl methyl sites for hydroxylation is 1. The molecule has 1 saturated heterocycles. The molecular formula is C21H21N3O6. The highest BCUT2D eigenvalue weighted by Crippen LogP contribution is 2.31. The third-order valence-corrected chi connectivity index (χ3v) is 5.37. The maximum atomic E-state index is 13.0. The Labute approximate surface area is 172 Å². The minimum atomic E-state index is -0.802. The number of amides is 2. The molecule has 1 fully saturated rings. The Kier molecular flexibility index (Phi) is 5.35. The summed E-state index contributed by atoms with van der Waals surface area (Å²) in [5.74, 6) is -1.52. The van der Waals surface area contributed by atoms with E-state index in [0.29, 0.717) is 37.1 Å². The molecule has 9 nitrogen and oxygen atoms in total. The summed E-state index contributed by atoms with van der Waals surface area (Å²) < 4.78 is 10.2. The van der Waals surface area contributed by atoms with E-state index in [1.165, 1.54) is 24.1 Å². The molecule has 0 radical (unpaired) electrons. The van der Waals surface area contributed by atoms with Crippen molar-refractivity contribution in [1.82, 2.24) is 10.5 Å². The number of hydrogen-bond acceptors (Lipinski definition) is 7. The molecular weight excluding hydrogens is 390 g/mol. The van der Waals surface area contributed by atoms with Crippen LogP contribution in [0.1, 0.15) is 46.2 Å². The zero-order chi connectivity index (χ0) is 21.3. The Balaban J connectivity index is 1.53. The average Bonchev–Trinajstić information content (AvgIpc) is 3.35. The van der Waals surface area contributed by atoms with Gasteiger partial charge in [0.15, 0.2) is 5.78 Å². The summed E-state index contributed by atoms with van der Waals surface area (Å²) in [5, 5.41) is 6.18. The smallest absolute Gasteiger partial charge is 0.414 e. The number of aromatic nitrogens is 1. The number of ether oxygens (including phenoxy) is 1. The second-order valence-corrected chi connectivity index (χ2v) is 7.44. The lowest BCUT2D eigenvalue weighted by Gasteiger charge is -2.16. The second-order valence-electron chi connectivity index (χ2n) is 7.44. The zero-order valence-electron chi connectivity index (χ0n) is 16.4. The minimum Gasteiger partial charge on any atom is -0.442 e. The van der Waals surface area contributed by atoms with Gasteiger partial charge in [0.25, 0.3) is 0 Å². The van der Waals surface area contributed by atoms with E-state index in [1.54, 1.807) is 18.2 Å². The van der Waals surface area contributed by atoms with E-state index in [0.717, 1.165) is 5.56 Å². The molecule has 1 aliphatic carbocycles. The first kappa shape index (κ1) is 19.8. The highest BCUT2D eigenvalue weighted by molar-refractivity contribution is 6.16. The Hall–Kier alpha value is -3.49. The van der Waals surface area contributed by atoms with E-state index in [9.17, 15) is 19.2 Å². The highest BCUT2D eigenvalue weighted by atomic mass is 16.6. The molecule has 0 bridgehead atoms. The first-order valence-corrected chi connectivity index (χ1v) is 9.78. The summed E-state index contributed by atoms with van der Waals surface area (Å²) in [6.07, 6.45) is 2.14. The van der Waals surface area contributed by atoms with Crippen LogP contribution in [0.3, 0.4) is 0 Å². The molecule has 0 saturated carbocycles. The number of rotatable bonds is 5. The van der Waals surface area contributed by atoms with Gasteiger partial charge in [0.2, 0.25) is 17.5 Å². The van der Waals surface area contributed by atoms with E-state index in [1.807, 2.05) is 0 Å². The summed E-state index contributed by atoms with van der Waals surface area (Å²) in [4.78, 5) is 50.5. The SMILES string of the molecule is CC(=O)NC[C@H]1CN(c2ccc3c(c2)CCC[C@@H](C(=O)c2ccno2)C3=O)C(=O)O1. The normalized spacial score (nSPS) is 21.0. The standard InChI is InChI=1S/C21H21N3O6/c1-12(25)22-10-15-11-24(21(28)29-15)14-5-6-16-13(9-14)3-2-4-17(19(16)26)20(27)18-7-8-23-30-18/h5-9,15,17H,2-4,10-11H2,1H3,(H,22,25)/t15-,17+/m0/s1. The van der Waals surface area contributed by atoms with Gasteiger partial charge in [0.1, 0.15) is 6.10 Å². The molecule has 30 heavy (non-hydrogen) atoms. The number of anilines is 1. The monoisotopic (exact) mass is 411 g/mol. The number of carbonyl (C=O) groups is 4. The van der Waals surface area contributed by atoms with Gasteiger partial charge in [-0.05, 0) is 43.0 Å². The zero-order valence-corrected chi connectivity index (χ0v) is 16.4. The minimum absolute atomic E-state index is 0.0819. The van der Waals surface area contributed by atoms with Gasteiger partial charge in [-0.1, -0.05) is 5.16 Å². The number of nitrogens with one attached hydrogen (secondary N) is 1. The average molecular weight is 411 g/mol. The Morgan fingerprint density at radius 1 is 1.27 bits per heavy atom. The lowest BCUT2D eigenvalue weighted by atomic mass is 9.90. The molecule has 2 aliphatic rings. The number of benzene rings is 1. The predicted octanol–water partition coefficient (Wildman–Crippen LogP) is 2.15. The molecule has 1 aromatic carbocycles. The topological polar surface area (TPSA) is 119 Å². The van der Waals surface area contributed by atoms with Crippen LogP contribution in [-0.2, 0) is 16.0 Å². The number of fused-ring (bicyclic) bond motifs is 1. The van der Waals surface area contributed by atoms with Crippen molar-refractivity contribution in [2.75, 3.05) is 18.0 Å². The van der Waals surface area contributed by atoms with Crippen molar-refractivity contribution in [3.8, 4) is 0 Å². The first-order valence-electron chi connectivity index (χ1n) is 9.78. The third-order valence-electron chi connectivity index (χ3n) is 5.37. The van der Waals surface area contributed by atoms with Crippen LogP contribution in [0.15, 0.2) is 35.0 Å². The third kappa shape index (κ3) is 3.83. The molecule has 1 aromatic heterocycles. The van der Waals surface area contributed by atoms with Crippen molar-refractivity contribution in [2.45, 2.75) is 32.3 Å². The van der Waals surface area contributed by atoms with Crippen molar-refractivity contribution in [2.24, 2.45) is 5.92 Å². The molecule has 2 heterocycles. The number of cyclic esters (lactones) is 1. The fourth-order valence-electron chi connectivity index (χ4n) is 3.87. The molecule has 9 heteroatoms. The fraction of sp³-hybridized carbons (Fsp3) is 0.381. The predicted molar refractivity (Wildman–Crippen MR) is 104 cm³/mol. The molecule has 2 amide bonds. The summed E-state index contributed by atoms with van der Waals surface area (Å²) in [7, 11) is 0. The Bertz CT molecular complexity index is 1000. The molecule has 2 aromatic rings. The number of ketones is 2. The van der Waals surface area contributed by atoms with Gasteiger partial charge in [-0.15, -0.1) is 0 Å². The fourth-order valence-corrected chi connectivity index (χ4v) is 3.87. The van der Waals surface area contributed by atoms with Crippen molar-refractivity contribution in [3.63, 3.8) is 0 Å². The number of hydrogen-bond donors (Lipinski definition) is 1. The number of nitrogens with zero attached hydrogens (tertiary/aromatic N) is 2. The van der Waals surface area contributed by atoms with Gasteiger partial charge in [-0.3, -0.25) is 19.3 Å². The molecule has 1 N–H and O–H groups in total. The maximum absolute atomic E-state index is 13.0. The van der Waals surface area contributed by atoms with Crippen LogP contribution < -0.4 is 10.2 Å². The van der Waals surface area contributed by atoms with Gasteiger partial charge in [-0.2, -0.15) is 0 Å². The summed E-state index contributed by atoms with van der Waals surface area (Å²) in [6.45, 7) is 1.95. The van der Waals surface area contributed by atoms with Crippen molar-refractivity contribution < 1.29 is 28.4 Å². The van der Waals surface area contributed by atoms with E-state index in [2.05, 4.69) is 10.5 Å². The van der Waals surface area contributed by atoms with Gasteiger partial charge >= 0.3 is 6.09 Å². The van der Waals surface area contributed by atoms with Crippen LogP contribution in [0, 0.1) is 5.92 Å². The largest absolute Gasteiger partial charge is 0.442 e. The number of Topliss-reactive ketones (excluding diaryl/α,β-unsaturated/α-hetero) is 2. The highest BCUT2D eigenvalue weighted by Gasteiger charge is 2.35. The van der Waals surface area contributed by atoms with Crippen LogP contribution >= 0.6 is 0 Å². The second kappa shape index (κ2) is 8.10. The quantitative estimate of drug-likeness (QED) is 0.455. The van der Waals surface area contributed by atoms with E-state index >= 15 is 0 Å². The maximum Gasteiger partial charge on any atom is 0.414 e. The van der Waals surface area contributed by atoms with Crippen molar-refractivity contribution >= 4 is 29.3 Å². The summed E-state index contributed by atoms with van der Waals surface area (Å²) in [5.41, 5.74) is 1.90. The van der Waals surface area contributed by atoms with Crippen LogP contribution in [0.5, 0.6) is 0 Å². The van der Waals surface area contributed by atoms with E-state index < -0.39 is 18.1 Å². The lowest BCUT2D eigenvalue weighted by molar-refractivity contribution is -0.119. The van der Waals surface area contributed by atoms with Gasteiger partial charge in [0, 0.05) is 24.2 Å². The van der Waals surface area contributed by atoms with E-state index in [4.69, 9.17) is 9.26 Å². The van der Waals surface area contributed by atoms with Crippen LogP contribution in [0.2, 0.25) is 0 Å². The molecule has 156 valence electrons. The number of carbonyl (C=O) groups excluding carboxylic acids is 4. The molecule has 0 unspecified atom stereocenters. The van der Waals surface area contributed by atoms with Crippen molar-refractivity contribution in [1.29, 1.82) is 0 Å². The molecule has 2 atom stereocenters. The van der Waals surface area contributed by atoms with Crippen molar-refractivity contribution in [3.05, 3.63) is 47.3 Å². The summed E-state index contributed by atoms with van der Waals surface area (Å²) in [6, 6.07) is 6.60. The van der Waals surface area contributed by atoms with Gasteiger partial charge < -0.3 is 14.6 Å². The van der Waals surface area contributed by atoms with Crippen LogP contribution in [0.25, 0.3) is 0 Å². The Morgan fingerprint density at radius 3 is 2.83 bits per heavy atom. The lowest BCUT2D eigenvalue weighted by Crippen LogP contribution is -2.33. The molecule has 1 aliphatic heterocycles. The molecule has 0 spiro atoms. The van der Waals surface area contributed by atoms with Gasteiger partial charge in [0.05, 0.1) is 25.2 Å². The molecule has 4 rings (SSSR count). The Morgan fingerprint density at radius 2 is 2.10 bits per heavy atom.